The third-order valence-corrected chi connectivity index (χ3v) is 4.77. The molecule has 17 heavy (non-hydrogen) atoms. The molecule has 0 aliphatic carbocycles. The molecule has 1 aliphatic heterocycles. The molecule has 0 radical (unpaired) electrons. The highest BCUT2D eigenvalue weighted by molar-refractivity contribution is 7.89. The summed E-state index contributed by atoms with van der Waals surface area (Å²) in [4.78, 5) is 4.06. The molecule has 94 valence electrons. The van der Waals surface area contributed by atoms with E-state index in [0.717, 1.165) is 19.3 Å². The number of hydrazine groups is 1. The van der Waals surface area contributed by atoms with Crippen molar-refractivity contribution in [2.45, 2.75) is 24.2 Å². The summed E-state index contributed by atoms with van der Waals surface area (Å²) in [6.07, 6.45) is 4.40. The molecule has 0 bridgehead atoms. The first-order chi connectivity index (χ1) is 8.16. The van der Waals surface area contributed by atoms with Gasteiger partial charge in [-0.2, -0.15) is 4.31 Å². The molecule has 0 amide bonds. The van der Waals surface area contributed by atoms with Crippen molar-refractivity contribution in [3.63, 3.8) is 0 Å². The van der Waals surface area contributed by atoms with Crippen molar-refractivity contribution >= 4 is 15.8 Å². The molecule has 0 spiro atoms. The molecule has 1 fully saturated rings. The minimum absolute atomic E-state index is 0.143. The van der Waals surface area contributed by atoms with Gasteiger partial charge in [0.2, 0.25) is 10.0 Å². The number of nitrogens with two attached hydrogens (primary N) is 1. The van der Waals surface area contributed by atoms with Gasteiger partial charge in [-0.25, -0.2) is 19.2 Å². The summed E-state index contributed by atoms with van der Waals surface area (Å²) in [5, 5.41) is 0. The Morgan fingerprint density at radius 1 is 1.29 bits per heavy atom. The van der Waals surface area contributed by atoms with Gasteiger partial charge < -0.3 is 5.43 Å². The fraction of sp³-hybridized carbons (Fsp3) is 0.500. The quantitative estimate of drug-likeness (QED) is 0.609. The van der Waals surface area contributed by atoms with Gasteiger partial charge in [0.15, 0.2) is 5.82 Å². The number of aromatic nitrogens is 1. The second-order valence-electron chi connectivity index (χ2n) is 3.96. The molecule has 2 heterocycles. The Hall–Kier alpha value is -1.18. The van der Waals surface area contributed by atoms with Crippen LogP contribution in [0.2, 0.25) is 0 Å². The van der Waals surface area contributed by atoms with Gasteiger partial charge in [0.1, 0.15) is 4.90 Å². The van der Waals surface area contributed by atoms with E-state index in [9.17, 15) is 8.42 Å². The predicted octanol–water partition coefficient (Wildman–Crippen LogP) is 0.542. The topological polar surface area (TPSA) is 88.3 Å². The normalized spacial score (nSPS) is 17.9. The summed E-state index contributed by atoms with van der Waals surface area (Å²) >= 11 is 0. The molecule has 1 aromatic rings. The van der Waals surface area contributed by atoms with E-state index in [1.165, 1.54) is 16.6 Å². The Kier molecular flexibility index (Phi) is 3.60. The summed E-state index contributed by atoms with van der Waals surface area (Å²) in [7, 11) is -3.48. The van der Waals surface area contributed by atoms with Crippen LogP contribution in [0.15, 0.2) is 23.2 Å². The predicted molar refractivity (Wildman–Crippen MR) is 64.7 cm³/mol. The first-order valence-electron chi connectivity index (χ1n) is 5.58. The maximum Gasteiger partial charge on any atom is 0.246 e. The Bertz CT molecular complexity index is 483. The maximum atomic E-state index is 12.4. The van der Waals surface area contributed by atoms with E-state index < -0.39 is 10.0 Å². The van der Waals surface area contributed by atoms with Crippen LogP contribution in [0.3, 0.4) is 0 Å². The van der Waals surface area contributed by atoms with Gasteiger partial charge in [0.05, 0.1) is 0 Å². The Labute approximate surface area is 101 Å². The van der Waals surface area contributed by atoms with E-state index in [0.29, 0.717) is 13.1 Å². The highest BCUT2D eigenvalue weighted by atomic mass is 32.2. The zero-order chi connectivity index (χ0) is 12.3. The second-order valence-corrected chi connectivity index (χ2v) is 5.87. The van der Waals surface area contributed by atoms with Crippen LogP contribution in [0.1, 0.15) is 19.3 Å². The Balaban J connectivity index is 2.36. The summed E-state index contributed by atoms with van der Waals surface area (Å²) in [5.41, 5.74) is 2.32. The van der Waals surface area contributed by atoms with Gasteiger partial charge in [0.25, 0.3) is 0 Å². The highest BCUT2D eigenvalue weighted by Gasteiger charge is 2.28. The summed E-state index contributed by atoms with van der Waals surface area (Å²) in [6.45, 7) is 1.14. The zero-order valence-corrected chi connectivity index (χ0v) is 10.3. The van der Waals surface area contributed by atoms with Crippen LogP contribution < -0.4 is 11.3 Å². The fourth-order valence-corrected chi connectivity index (χ4v) is 3.58. The zero-order valence-electron chi connectivity index (χ0n) is 9.46. The lowest BCUT2D eigenvalue weighted by Crippen LogP contribution is -2.36. The van der Waals surface area contributed by atoms with Crippen molar-refractivity contribution in [2.75, 3.05) is 18.5 Å². The van der Waals surface area contributed by atoms with Crippen LogP contribution >= 0.6 is 0 Å². The minimum atomic E-state index is -3.48. The fourth-order valence-electron chi connectivity index (χ4n) is 1.95. The number of nitrogens with zero attached hydrogens (tertiary/aromatic N) is 2. The molecule has 3 N–H and O–H groups in total. The van der Waals surface area contributed by atoms with Crippen LogP contribution in [0.5, 0.6) is 0 Å². The number of sulfonamides is 1. The van der Waals surface area contributed by atoms with Crippen LogP contribution in [0, 0.1) is 0 Å². The first-order valence-corrected chi connectivity index (χ1v) is 7.02. The van der Waals surface area contributed by atoms with Gasteiger partial charge in [-0.15, -0.1) is 0 Å². The molecular weight excluding hydrogens is 240 g/mol. The molecule has 6 nitrogen and oxygen atoms in total. The lowest BCUT2D eigenvalue weighted by molar-refractivity contribution is 0.346. The highest BCUT2D eigenvalue weighted by Crippen LogP contribution is 2.24. The molecule has 0 unspecified atom stereocenters. The van der Waals surface area contributed by atoms with Crippen molar-refractivity contribution < 1.29 is 8.42 Å². The summed E-state index contributed by atoms with van der Waals surface area (Å²) < 4.78 is 26.2. The minimum Gasteiger partial charge on any atom is -0.307 e. The molecule has 0 saturated carbocycles. The number of hydrogen-bond acceptors (Lipinski definition) is 5. The number of hydrogen-bond donors (Lipinski definition) is 2. The van der Waals surface area contributed by atoms with E-state index in [1.54, 1.807) is 6.07 Å². The number of piperidine rings is 1. The molecule has 1 aliphatic rings. The van der Waals surface area contributed by atoms with Crippen LogP contribution in [-0.2, 0) is 10.0 Å². The Morgan fingerprint density at radius 2 is 2.00 bits per heavy atom. The molecular formula is C10H16N4O2S. The standard InChI is InChI=1S/C10H16N4O2S/c11-13-10-9(5-4-6-12-10)17(15,16)14-7-2-1-3-8-14/h4-6H,1-3,7-8,11H2,(H,12,13). The second kappa shape index (κ2) is 4.99. The van der Waals surface area contributed by atoms with Gasteiger partial charge in [-0.3, -0.25) is 0 Å². The van der Waals surface area contributed by atoms with E-state index >= 15 is 0 Å². The summed E-state index contributed by atoms with van der Waals surface area (Å²) in [6, 6.07) is 3.11. The van der Waals surface area contributed by atoms with Gasteiger partial charge >= 0.3 is 0 Å². The number of rotatable bonds is 3. The third-order valence-electron chi connectivity index (χ3n) is 2.84. The number of anilines is 1. The number of pyridine rings is 1. The molecule has 7 heteroatoms. The molecule has 2 rings (SSSR count). The van der Waals surface area contributed by atoms with Crippen molar-refractivity contribution in [2.24, 2.45) is 5.84 Å². The van der Waals surface area contributed by atoms with E-state index in [4.69, 9.17) is 5.84 Å². The average molecular weight is 256 g/mol. The van der Waals surface area contributed by atoms with Crippen molar-refractivity contribution in [1.82, 2.24) is 9.29 Å². The average Bonchev–Trinajstić information content (AvgIpc) is 2.39. The monoisotopic (exact) mass is 256 g/mol. The third kappa shape index (κ3) is 2.41. The molecule has 0 aromatic carbocycles. The van der Waals surface area contributed by atoms with E-state index in [-0.39, 0.29) is 10.7 Å². The maximum absolute atomic E-state index is 12.4. The SMILES string of the molecule is NNc1ncccc1S(=O)(=O)N1CCCCC1. The first kappa shape index (κ1) is 12.3. The van der Waals surface area contributed by atoms with Crippen LogP contribution in [-0.4, -0.2) is 30.8 Å². The van der Waals surface area contributed by atoms with Crippen LogP contribution in [0.4, 0.5) is 5.82 Å². The lowest BCUT2D eigenvalue weighted by atomic mass is 10.2. The van der Waals surface area contributed by atoms with Crippen molar-refractivity contribution in [1.29, 1.82) is 0 Å². The number of nitrogens with one attached hydrogen (secondary N) is 1. The molecule has 1 saturated heterocycles. The van der Waals surface area contributed by atoms with E-state index in [2.05, 4.69) is 10.4 Å². The largest absolute Gasteiger partial charge is 0.307 e. The molecule has 0 atom stereocenters. The van der Waals surface area contributed by atoms with Gasteiger partial charge in [-0.1, -0.05) is 6.42 Å². The van der Waals surface area contributed by atoms with E-state index in [1.807, 2.05) is 0 Å². The smallest absolute Gasteiger partial charge is 0.246 e. The van der Waals surface area contributed by atoms with Gasteiger partial charge in [0, 0.05) is 19.3 Å². The van der Waals surface area contributed by atoms with Gasteiger partial charge in [-0.05, 0) is 25.0 Å². The number of nitrogen functional groups attached to an aromatic ring is 1. The lowest BCUT2D eigenvalue weighted by Gasteiger charge is -2.26. The molecule has 1 aromatic heterocycles. The van der Waals surface area contributed by atoms with Crippen molar-refractivity contribution in [3.05, 3.63) is 18.3 Å². The summed E-state index contributed by atoms with van der Waals surface area (Å²) in [5.74, 6) is 5.47. The van der Waals surface area contributed by atoms with Crippen LogP contribution in [0.25, 0.3) is 0 Å². The Morgan fingerprint density at radius 3 is 2.65 bits per heavy atom. The van der Waals surface area contributed by atoms with Crippen molar-refractivity contribution in [3.8, 4) is 0 Å².